The van der Waals surface area contributed by atoms with Gasteiger partial charge in [0.2, 0.25) is 0 Å². The number of pyridine rings is 1. The summed E-state index contributed by atoms with van der Waals surface area (Å²) in [5, 5.41) is 2.82. The first kappa shape index (κ1) is 15.2. The molecule has 1 aromatic carbocycles. The van der Waals surface area contributed by atoms with Crippen LogP contribution in [-0.4, -0.2) is 34.8 Å². The maximum atomic E-state index is 12.4. The van der Waals surface area contributed by atoms with Gasteiger partial charge in [-0.2, -0.15) is 0 Å². The molecule has 0 unspecified atom stereocenters. The smallest absolute Gasteiger partial charge is 0.270 e. The number of likely N-dealkylation sites (tertiary alicyclic amines) is 1. The third-order valence-corrected chi connectivity index (χ3v) is 3.93. The molecule has 1 saturated heterocycles. The average molecular weight is 309 g/mol. The first-order valence-electron chi connectivity index (χ1n) is 7.81. The van der Waals surface area contributed by atoms with Crippen LogP contribution in [0.1, 0.15) is 39.3 Å². The van der Waals surface area contributed by atoms with Crippen molar-refractivity contribution < 1.29 is 9.59 Å². The van der Waals surface area contributed by atoms with Crippen LogP contribution in [0.5, 0.6) is 0 Å². The fourth-order valence-corrected chi connectivity index (χ4v) is 2.66. The van der Waals surface area contributed by atoms with Crippen molar-refractivity contribution >= 4 is 11.8 Å². The molecule has 5 heteroatoms. The summed E-state index contributed by atoms with van der Waals surface area (Å²) in [5.74, 6) is -0.299. The summed E-state index contributed by atoms with van der Waals surface area (Å²) >= 11 is 0. The zero-order valence-electron chi connectivity index (χ0n) is 12.9. The topological polar surface area (TPSA) is 62.3 Å². The van der Waals surface area contributed by atoms with Gasteiger partial charge in [-0.3, -0.25) is 14.6 Å². The summed E-state index contributed by atoms with van der Waals surface area (Å²) in [7, 11) is 0. The number of carbonyl (C=O) groups is 2. The van der Waals surface area contributed by atoms with E-state index in [0.717, 1.165) is 31.5 Å². The molecule has 1 fully saturated rings. The number of aromatic nitrogens is 1. The number of amides is 2. The summed E-state index contributed by atoms with van der Waals surface area (Å²) in [6.07, 6.45) is 3.60. The van der Waals surface area contributed by atoms with Gasteiger partial charge in [0, 0.05) is 31.4 Å². The highest BCUT2D eigenvalue weighted by Gasteiger charge is 2.20. The Balaban J connectivity index is 1.66. The molecule has 0 aliphatic carbocycles. The third-order valence-electron chi connectivity index (χ3n) is 3.93. The molecular weight excluding hydrogens is 290 g/mol. The van der Waals surface area contributed by atoms with Crippen molar-refractivity contribution in [2.24, 2.45) is 0 Å². The van der Waals surface area contributed by atoms with E-state index in [2.05, 4.69) is 10.3 Å². The minimum absolute atomic E-state index is 0.0259. The minimum atomic E-state index is -0.273. The molecule has 5 nitrogen and oxygen atoms in total. The van der Waals surface area contributed by atoms with Crippen LogP contribution in [0, 0.1) is 0 Å². The second kappa shape index (κ2) is 7.05. The normalized spacial score (nSPS) is 13.8. The van der Waals surface area contributed by atoms with Crippen LogP contribution in [0.15, 0.2) is 48.7 Å². The summed E-state index contributed by atoms with van der Waals surface area (Å²) in [4.78, 5) is 30.5. The number of hydrogen-bond donors (Lipinski definition) is 1. The van der Waals surface area contributed by atoms with E-state index < -0.39 is 0 Å². The summed E-state index contributed by atoms with van der Waals surface area (Å²) in [6, 6.07) is 12.9. The van der Waals surface area contributed by atoms with Crippen LogP contribution in [0.4, 0.5) is 0 Å². The van der Waals surface area contributed by atoms with Crippen molar-refractivity contribution in [1.82, 2.24) is 15.2 Å². The number of hydrogen-bond acceptors (Lipinski definition) is 3. The predicted octanol–water partition coefficient (Wildman–Crippen LogP) is 2.25. The number of carbonyl (C=O) groups excluding carboxylic acids is 2. The monoisotopic (exact) mass is 309 g/mol. The van der Waals surface area contributed by atoms with Gasteiger partial charge in [0.05, 0.1) is 0 Å². The highest BCUT2D eigenvalue weighted by atomic mass is 16.2. The van der Waals surface area contributed by atoms with Gasteiger partial charge < -0.3 is 10.2 Å². The third kappa shape index (κ3) is 3.74. The minimum Gasteiger partial charge on any atom is -0.347 e. The van der Waals surface area contributed by atoms with E-state index >= 15 is 0 Å². The number of nitrogens with one attached hydrogen (secondary N) is 1. The highest BCUT2D eigenvalue weighted by Crippen LogP contribution is 2.13. The standard InChI is InChI=1S/C18H19N3O2/c22-17(20-13-14-6-2-1-3-7-14)16-12-15(8-9-19-16)18(23)21-10-4-5-11-21/h1-3,6-9,12H,4-5,10-11,13H2,(H,20,22). The second-order valence-corrected chi connectivity index (χ2v) is 5.60. The number of nitrogens with zero attached hydrogens (tertiary/aromatic N) is 2. The molecule has 0 saturated carbocycles. The molecular formula is C18H19N3O2. The van der Waals surface area contributed by atoms with Gasteiger partial charge in [-0.25, -0.2) is 0 Å². The van der Waals surface area contributed by atoms with Crippen LogP contribution < -0.4 is 5.32 Å². The Kier molecular flexibility index (Phi) is 4.66. The van der Waals surface area contributed by atoms with E-state index in [1.165, 1.54) is 6.20 Å². The molecule has 0 atom stereocenters. The molecule has 2 heterocycles. The highest BCUT2D eigenvalue weighted by molar-refractivity contribution is 5.98. The first-order valence-corrected chi connectivity index (χ1v) is 7.81. The van der Waals surface area contributed by atoms with Crippen LogP contribution in [-0.2, 0) is 6.54 Å². The van der Waals surface area contributed by atoms with Gasteiger partial charge in [0.25, 0.3) is 11.8 Å². The number of rotatable bonds is 4. The van der Waals surface area contributed by atoms with Crippen molar-refractivity contribution in [2.75, 3.05) is 13.1 Å². The lowest BCUT2D eigenvalue weighted by Gasteiger charge is -2.15. The summed E-state index contributed by atoms with van der Waals surface area (Å²) < 4.78 is 0. The van der Waals surface area contributed by atoms with Crippen molar-refractivity contribution in [3.8, 4) is 0 Å². The molecule has 1 aliphatic rings. The summed E-state index contributed by atoms with van der Waals surface area (Å²) in [5.41, 5.74) is 1.81. The SMILES string of the molecule is O=C(NCc1ccccc1)c1cc(C(=O)N2CCCC2)ccn1. The lowest BCUT2D eigenvalue weighted by atomic mass is 10.2. The maximum absolute atomic E-state index is 12.4. The molecule has 118 valence electrons. The van der Waals surface area contributed by atoms with Gasteiger partial charge in [-0.1, -0.05) is 30.3 Å². The lowest BCUT2D eigenvalue weighted by molar-refractivity contribution is 0.0792. The van der Waals surface area contributed by atoms with Crippen LogP contribution in [0.2, 0.25) is 0 Å². The van der Waals surface area contributed by atoms with Crippen molar-refractivity contribution in [1.29, 1.82) is 0 Å². The molecule has 0 bridgehead atoms. The molecule has 1 aliphatic heterocycles. The molecule has 1 aromatic heterocycles. The van der Waals surface area contributed by atoms with E-state index in [1.807, 2.05) is 35.2 Å². The van der Waals surface area contributed by atoms with Crippen LogP contribution >= 0.6 is 0 Å². The van der Waals surface area contributed by atoms with E-state index in [9.17, 15) is 9.59 Å². The van der Waals surface area contributed by atoms with Crippen molar-refractivity contribution in [2.45, 2.75) is 19.4 Å². The van der Waals surface area contributed by atoms with E-state index in [4.69, 9.17) is 0 Å². The Morgan fingerprint density at radius 1 is 1.09 bits per heavy atom. The van der Waals surface area contributed by atoms with Crippen LogP contribution in [0.3, 0.4) is 0 Å². The fourth-order valence-electron chi connectivity index (χ4n) is 2.66. The van der Waals surface area contributed by atoms with Gasteiger partial charge in [-0.05, 0) is 30.5 Å². The quantitative estimate of drug-likeness (QED) is 0.942. The van der Waals surface area contributed by atoms with Gasteiger partial charge in [-0.15, -0.1) is 0 Å². The molecule has 1 N–H and O–H groups in total. The second-order valence-electron chi connectivity index (χ2n) is 5.60. The molecule has 2 amide bonds. The Morgan fingerprint density at radius 3 is 2.57 bits per heavy atom. The van der Waals surface area contributed by atoms with Crippen LogP contribution in [0.25, 0.3) is 0 Å². The summed E-state index contributed by atoms with van der Waals surface area (Å²) in [6.45, 7) is 2.01. The first-order chi connectivity index (χ1) is 11.2. The van der Waals surface area contributed by atoms with E-state index in [0.29, 0.717) is 12.1 Å². The van der Waals surface area contributed by atoms with Crippen molar-refractivity contribution in [3.63, 3.8) is 0 Å². The largest absolute Gasteiger partial charge is 0.347 e. The molecule has 2 aromatic rings. The molecule has 3 rings (SSSR count). The van der Waals surface area contributed by atoms with Gasteiger partial charge >= 0.3 is 0 Å². The Morgan fingerprint density at radius 2 is 1.83 bits per heavy atom. The Bertz CT molecular complexity index is 694. The molecule has 0 radical (unpaired) electrons. The lowest BCUT2D eigenvalue weighted by Crippen LogP contribution is -2.28. The molecule has 0 spiro atoms. The zero-order valence-corrected chi connectivity index (χ0v) is 12.9. The predicted molar refractivity (Wildman–Crippen MR) is 87.0 cm³/mol. The fraction of sp³-hybridized carbons (Fsp3) is 0.278. The van der Waals surface area contributed by atoms with Crippen molar-refractivity contribution in [3.05, 3.63) is 65.5 Å². The maximum Gasteiger partial charge on any atom is 0.270 e. The zero-order chi connectivity index (χ0) is 16.1. The van der Waals surface area contributed by atoms with Gasteiger partial charge in [0.15, 0.2) is 0 Å². The number of benzene rings is 1. The molecule has 23 heavy (non-hydrogen) atoms. The van der Waals surface area contributed by atoms with Gasteiger partial charge in [0.1, 0.15) is 5.69 Å². The van der Waals surface area contributed by atoms with E-state index in [1.54, 1.807) is 12.1 Å². The Labute approximate surface area is 135 Å². The Hall–Kier alpha value is -2.69. The average Bonchev–Trinajstić information content (AvgIpc) is 3.14. The van der Waals surface area contributed by atoms with E-state index in [-0.39, 0.29) is 17.5 Å².